The lowest BCUT2D eigenvalue weighted by Crippen LogP contribution is -2.26. The lowest BCUT2D eigenvalue weighted by atomic mass is 10.4. The van der Waals surface area contributed by atoms with Crippen LogP contribution in [-0.2, 0) is 4.79 Å². The minimum atomic E-state index is 0.0249. The molecule has 1 amide bonds. The zero-order chi connectivity index (χ0) is 10.2. The Balaban J connectivity index is 2.09. The van der Waals surface area contributed by atoms with E-state index in [4.69, 9.17) is 5.11 Å². The van der Waals surface area contributed by atoms with Crippen LogP contribution in [0.5, 0.6) is 0 Å². The molecule has 0 saturated carbocycles. The molecule has 5 heteroatoms. The molecule has 0 aliphatic heterocycles. The first kappa shape index (κ1) is 11.6. The Kier molecular flexibility index (Phi) is 5.66. The second-order valence-corrected chi connectivity index (χ2v) is 4.87. The number of aliphatic hydroxyl groups excluding tert-OH is 1. The lowest BCUT2D eigenvalue weighted by molar-refractivity contribution is -0.118. The number of hydrogen-bond acceptors (Lipinski definition) is 4. The molecule has 0 aromatic carbocycles. The molecule has 1 rings (SSSR count). The van der Waals surface area contributed by atoms with Gasteiger partial charge < -0.3 is 10.4 Å². The predicted molar refractivity (Wildman–Crippen MR) is 59.8 cm³/mol. The molecule has 1 aromatic rings. The summed E-state index contributed by atoms with van der Waals surface area (Å²) < 4.78 is 1.15. The van der Waals surface area contributed by atoms with Crippen molar-refractivity contribution in [3.63, 3.8) is 0 Å². The molecule has 0 atom stereocenters. The van der Waals surface area contributed by atoms with Crippen molar-refractivity contribution in [1.29, 1.82) is 0 Å². The zero-order valence-electron chi connectivity index (χ0n) is 7.73. The summed E-state index contributed by atoms with van der Waals surface area (Å²) in [5.41, 5.74) is 0. The molecule has 0 radical (unpaired) electrons. The molecule has 3 nitrogen and oxygen atoms in total. The van der Waals surface area contributed by atoms with Crippen molar-refractivity contribution in [2.75, 3.05) is 18.9 Å². The zero-order valence-corrected chi connectivity index (χ0v) is 9.37. The molecule has 0 saturated heterocycles. The summed E-state index contributed by atoms with van der Waals surface area (Å²) in [6.07, 6.45) is 0.620. The maximum absolute atomic E-state index is 11.2. The van der Waals surface area contributed by atoms with Crippen molar-refractivity contribution in [3.05, 3.63) is 17.5 Å². The van der Waals surface area contributed by atoms with E-state index in [0.29, 0.717) is 18.7 Å². The first-order valence-corrected chi connectivity index (χ1v) is 6.23. The van der Waals surface area contributed by atoms with Gasteiger partial charge in [-0.3, -0.25) is 4.79 Å². The molecular formula is C9H13NO2S2. The van der Waals surface area contributed by atoms with Gasteiger partial charge in [0.25, 0.3) is 0 Å². The third-order valence-corrected chi connectivity index (χ3v) is 3.63. The molecule has 0 aliphatic rings. The quantitative estimate of drug-likeness (QED) is 0.574. The van der Waals surface area contributed by atoms with E-state index in [2.05, 4.69) is 5.32 Å². The third kappa shape index (κ3) is 4.64. The summed E-state index contributed by atoms with van der Waals surface area (Å²) in [5.74, 6) is 0.475. The van der Waals surface area contributed by atoms with Gasteiger partial charge in [0, 0.05) is 13.2 Å². The fraction of sp³-hybridized carbons (Fsp3) is 0.444. The molecular weight excluding hydrogens is 218 g/mol. The lowest BCUT2D eigenvalue weighted by Gasteiger charge is -2.02. The second kappa shape index (κ2) is 6.86. The molecule has 1 heterocycles. The van der Waals surface area contributed by atoms with Crippen molar-refractivity contribution >= 4 is 29.0 Å². The molecule has 0 bridgehead atoms. The first-order chi connectivity index (χ1) is 6.83. The molecule has 1 aromatic heterocycles. The van der Waals surface area contributed by atoms with Gasteiger partial charge in [-0.1, -0.05) is 6.07 Å². The third-order valence-electron chi connectivity index (χ3n) is 1.50. The molecule has 2 N–H and O–H groups in total. The van der Waals surface area contributed by atoms with Crippen LogP contribution in [0.4, 0.5) is 0 Å². The number of carbonyl (C=O) groups excluding carboxylic acids is 1. The van der Waals surface area contributed by atoms with Gasteiger partial charge in [-0.2, -0.15) is 0 Å². The van der Waals surface area contributed by atoms with E-state index in [1.165, 1.54) is 11.8 Å². The average Bonchev–Trinajstić information content (AvgIpc) is 2.68. The Bertz CT molecular complexity index is 262. The van der Waals surface area contributed by atoms with Crippen LogP contribution in [0.1, 0.15) is 6.42 Å². The van der Waals surface area contributed by atoms with Crippen LogP contribution in [0.2, 0.25) is 0 Å². The number of thiophene rings is 1. The van der Waals surface area contributed by atoms with Crippen LogP contribution in [0.25, 0.3) is 0 Å². The van der Waals surface area contributed by atoms with E-state index >= 15 is 0 Å². The van der Waals surface area contributed by atoms with Crippen molar-refractivity contribution in [1.82, 2.24) is 5.32 Å². The maximum atomic E-state index is 11.2. The minimum absolute atomic E-state index is 0.0249. The molecule has 0 unspecified atom stereocenters. The summed E-state index contributed by atoms with van der Waals surface area (Å²) in [6.45, 7) is 0.679. The van der Waals surface area contributed by atoms with E-state index < -0.39 is 0 Å². The minimum Gasteiger partial charge on any atom is -0.396 e. The molecule has 14 heavy (non-hydrogen) atoms. The Morgan fingerprint density at radius 1 is 1.64 bits per heavy atom. The van der Waals surface area contributed by atoms with Gasteiger partial charge >= 0.3 is 0 Å². The SMILES string of the molecule is O=C(CSc1cccs1)NCCCO. The van der Waals surface area contributed by atoms with Crippen molar-refractivity contribution in [2.45, 2.75) is 10.6 Å². The summed E-state index contributed by atoms with van der Waals surface area (Å²) in [6, 6.07) is 3.97. The standard InChI is InChI=1S/C9H13NO2S2/c11-5-2-4-10-8(12)7-14-9-3-1-6-13-9/h1,3,6,11H,2,4-5,7H2,(H,10,12). The van der Waals surface area contributed by atoms with Gasteiger partial charge in [0.2, 0.25) is 5.91 Å². The molecule has 0 spiro atoms. The van der Waals surface area contributed by atoms with Crippen LogP contribution in [0.3, 0.4) is 0 Å². The number of aliphatic hydroxyl groups is 1. The molecule has 0 aliphatic carbocycles. The second-order valence-electron chi connectivity index (χ2n) is 2.65. The Morgan fingerprint density at radius 3 is 3.14 bits per heavy atom. The summed E-state index contributed by atoms with van der Waals surface area (Å²) in [5, 5.41) is 13.2. The first-order valence-electron chi connectivity index (χ1n) is 4.37. The van der Waals surface area contributed by atoms with Gasteiger partial charge in [-0.15, -0.1) is 23.1 Å². The summed E-state index contributed by atoms with van der Waals surface area (Å²) in [7, 11) is 0. The number of amides is 1. The van der Waals surface area contributed by atoms with Crippen molar-refractivity contribution in [2.24, 2.45) is 0 Å². The van der Waals surface area contributed by atoms with E-state index in [0.717, 1.165) is 4.21 Å². The number of thioether (sulfide) groups is 1. The Labute approximate surface area is 91.5 Å². The van der Waals surface area contributed by atoms with Crippen LogP contribution >= 0.6 is 23.1 Å². The van der Waals surface area contributed by atoms with Gasteiger partial charge in [0.05, 0.1) is 9.96 Å². The van der Waals surface area contributed by atoms with E-state index in [1.54, 1.807) is 11.3 Å². The predicted octanol–water partition coefficient (Wildman–Crippen LogP) is 1.34. The monoisotopic (exact) mass is 231 g/mol. The molecule has 78 valence electrons. The Hall–Kier alpha value is -0.520. The van der Waals surface area contributed by atoms with Gasteiger partial charge in [-0.25, -0.2) is 0 Å². The van der Waals surface area contributed by atoms with Crippen LogP contribution < -0.4 is 5.32 Å². The number of hydrogen-bond donors (Lipinski definition) is 2. The van der Waals surface area contributed by atoms with Crippen LogP contribution in [0.15, 0.2) is 21.7 Å². The highest BCUT2D eigenvalue weighted by Crippen LogP contribution is 2.22. The highest BCUT2D eigenvalue weighted by Gasteiger charge is 2.01. The highest BCUT2D eigenvalue weighted by molar-refractivity contribution is 8.01. The van der Waals surface area contributed by atoms with Crippen molar-refractivity contribution in [3.8, 4) is 0 Å². The highest BCUT2D eigenvalue weighted by atomic mass is 32.2. The molecule has 0 fully saturated rings. The normalized spacial score (nSPS) is 10.1. The topological polar surface area (TPSA) is 49.3 Å². The van der Waals surface area contributed by atoms with Crippen LogP contribution in [-0.4, -0.2) is 29.9 Å². The fourth-order valence-corrected chi connectivity index (χ4v) is 2.45. The van der Waals surface area contributed by atoms with E-state index in [9.17, 15) is 4.79 Å². The number of nitrogens with one attached hydrogen (secondary N) is 1. The summed E-state index contributed by atoms with van der Waals surface area (Å²) >= 11 is 3.17. The number of carbonyl (C=O) groups is 1. The van der Waals surface area contributed by atoms with Gasteiger partial charge in [0.1, 0.15) is 0 Å². The van der Waals surface area contributed by atoms with Crippen molar-refractivity contribution < 1.29 is 9.90 Å². The largest absolute Gasteiger partial charge is 0.396 e. The van der Waals surface area contributed by atoms with Gasteiger partial charge in [-0.05, 0) is 17.9 Å². The Morgan fingerprint density at radius 2 is 2.50 bits per heavy atom. The van der Waals surface area contributed by atoms with E-state index in [1.807, 2.05) is 17.5 Å². The fourth-order valence-electron chi connectivity index (χ4n) is 0.840. The average molecular weight is 231 g/mol. The maximum Gasteiger partial charge on any atom is 0.230 e. The summed E-state index contributed by atoms with van der Waals surface area (Å²) in [4.78, 5) is 11.2. The number of rotatable bonds is 6. The van der Waals surface area contributed by atoms with E-state index in [-0.39, 0.29) is 12.5 Å². The van der Waals surface area contributed by atoms with Crippen LogP contribution in [0, 0.1) is 0 Å². The van der Waals surface area contributed by atoms with Gasteiger partial charge in [0.15, 0.2) is 0 Å². The smallest absolute Gasteiger partial charge is 0.230 e.